The van der Waals surface area contributed by atoms with Crippen LogP contribution in [-0.2, 0) is 0 Å². The van der Waals surface area contributed by atoms with Gasteiger partial charge in [0.05, 0.1) is 0 Å². The number of nitrogens with one attached hydrogen (secondary N) is 3. The molecular formula is C12H26N6Si. The van der Waals surface area contributed by atoms with Gasteiger partial charge in [0.2, 0.25) is 0 Å². The minimum Gasteiger partial charge on any atom is -0.255 e. The molecule has 0 saturated carbocycles. The second-order valence-corrected chi connectivity index (χ2v) is 7.88. The standard InChI is InChI=1S/C12H26N6Si/c1-16(2)13-19(14-17(3)4,15-18(5)6)12-10-8-7-9-11-12/h7-11,13-15H,1-6H3. The maximum absolute atomic E-state index is 3.54. The van der Waals surface area contributed by atoms with Crippen LogP contribution in [0.1, 0.15) is 0 Å². The lowest BCUT2D eigenvalue weighted by atomic mass is 10.4. The molecule has 1 aromatic rings. The van der Waals surface area contributed by atoms with E-state index < -0.39 is 8.56 Å². The Morgan fingerprint density at radius 1 is 0.684 bits per heavy atom. The maximum atomic E-state index is 3.54. The molecule has 1 rings (SSSR count). The van der Waals surface area contributed by atoms with Gasteiger partial charge >= 0.3 is 8.56 Å². The molecule has 0 amide bonds. The van der Waals surface area contributed by atoms with E-state index in [1.54, 1.807) is 0 Å². The third kappa shape index (κ3) is 5.00. The van der Waals surface area contributed by atoms with Crippen LogP contribution >= 0.6 is 0 Å². The lowest BCUT2D eigenvalue weighted by molar-refractivity contribution is 0.275. The molecule has 108 valence electrons. The highest BCUT2D eigenvalue weighted by Crippen LogP contribution is 1.96. The molecule has 7 heteroatoms. The predicted molar refractivity (Wildman–Crippen MR) is 82.3 cm³/mol. The SMILES string of the molecule is CN(C)N[Si](NN(C)C)(NN(C)C)c1ccccc1. The van der Waals surface area contributed by atoms with Crippen molar-refractivity contribution >= 4 is 13.7 Å². The van der Waals surface area contributed by atoms with Gasteiger partial charge in [0.1, 0.15) is 0 Å². The van der Waals surface area contributed by atoms with E-state index >= 15 is 0 Å². The zero-order chi connectivity index (χ0) is 14.5. The summed E-state index contributed by atoms with van der Waals surface area (Å²) in [5.74, 6) is 0. The second-order valence-electron chi connectivity index (χ2n) is 5.13. The van der Waals surface area contributed by atoms with E-state index in [2.05, 4.69) is 39.5 Å². The summed E-state index contributed by atoms with van der Waals surface area (Å²) in [5, 5.41) is 17.8. The zero-order valence-corrected chi connectivity index (χ0v) is 13.7. The summed E-state index contributed by atoms with van der Waals surface area (Å²) >= 11 is 0. The topological polar surface area (TPSA) is 45.8 Å². The summed E-state index contributed by atoms with van der Waals surface area (Å²) in [6, 6.07) is 10.4. The third-order valence-corrected chi connectivity index (χ3v) is 5.93. The van der Waals surface area contributed by atoms with Crippen LogP contribution in [0.5, 0.6) is 0 Å². The van der Waals surface area contributed by atoms with Gasteiger partial charge in [-0.1, -0.05) is 30.3 Å². The highest BCUT2D eigenvalue weighted by Gasteiger charge is 2.39. The Balaban J connectivity index is 3.16. The van der Waals surface area contributed by atoms with Crippen molar-refractivity contribution in [2.75, 3.05) is 42.3 Å². The zero-order valence-electron chi connectivity index (χ0n) is 12.7. The number of rotatable bonds is 7. The molecule has 0 radical (unpaired) electrons. The molecule has 0 bridgehead atoms. The first-order valence-corrected chi connectivity index (χ1v) is 8.26. The van der Waals surface area contributed by atoms with E-state index in [0.29, 0.717) is 0 Å². The summed E-state index contributed by atoms with van der Waals surface area (Å²) in [5.41, 5.74) is 0. The quantitative estimate of drug-likeness (QED) is 0.442. The highest BCUT2D eigenvalue weighted by molar-refractivity contribution is 6.85. The molecule has 0 saturated heterocycles. The fourth-order valence-electron chi connectivity index (χ4n) is 1.96. The van der Waals surface area contributed by atoms with E-state index in [9.17, 15) is 0 Å². The van der Waals surface area contributed by atoms with Crippen molar-refractivity contribution in [3.63, 3.8) is 0 Å². The van der Waals surface area contributed by atoms with Gasteiger partial charge < -0.3 is 0 Å². The Hall–Kier alpha value is -0.803. The van der Waals surface area contributed by atoms with Crippen LogP contribution in [-0.4, -0.2) is 65.9 Å². The fraction of sp³-hybridized carbons (Fsp3) is 0.500. The number of hydrazine groups is 3. The smallest absolute Gasteiger partial charge is 0.255 e. The van der Waals surface area contributed by atoms with Crippen molar-refractivity contribution < 1.29 is 0 Å². The highest BCUT2D eigenvalue weighted by atomic mass is 28.4. The van der Waals surface area contributed by atoms with Crippen LogP contribution < -0.4 is 20.5 Å². The van der Waals surface area contributed by atoms with Gasteiger partial charge in [-0.25, -0.2) is 15.3 Å². The van der Waals surface area contributed by atoms with E-state index in [-0.39, 0.29) is 0 Å². The van der Waals surface area contributed by atoms with Gasteiger partial charge in [0.15, 0.2) is 0 Å². The van der Waals surface area contributed by atoms with Crippen molar-refractivity contribution in [2.45, 2.75) is 0 Å². The van der Waals surface area contributed by atoms with Crippen LogP contribution in [0.4, 0.5) is 0 Å². The summed E-state index contributed by atoms with van der Waals surface area (Å²) in [6.07, 6.45) is 0. The summed E-state index contributed by atoms with van der Waals surface area (Å²) < 4.78 is 0. The Morgan fingerprint density at radius 3 is 1.37 bits per heavy atom. The molecule has 0 atom stereocenters. The van der Waals surface area contributed by atoms with Gasteiger partial charge in [-0.3, -0.25) is 15.0 Å². The van der Waals surface area contributed by atoms with Gasteiger partial charge in [-0.2, -0.15) is 0 Å². The monoisotopic (exact) mass is 282 g/mol. The predicted octanol–water partition coefficient (Wildman–Crippen LogP) is -0.969. The summed E-state index contributed by atoms with van der Waals surface area (Å²) in [4.78, 5) is 0. The second kappa shape index (κ2) is 7.11. The van der Waals surface area contributed by atoms with Gasteiger partial charge in [0, 0.05) is 42.3 Å². The molecule has 3 N–H and O–H groups in total. The molecule has 0 spiro atoms. The van der Waals surface area contributed by atoms with Crippen molar-refractivity contribution in [3.8, 4) is 0 Å². The van der Waals surface area contributed by atoms with Crippen LogP contribution in [0.2, 0.25) is 0 Å². The van der Waals surface area contributed by atoms with Gasteiger partial charge in [0.25, 0.3) is 0 Å². The molecule has 0 fully saturated rings. The van der Waals surface area contributed by atoms with Crippen molar-refractivity contribution in [3.05, 3.63) is 30.3 Å². The van der Waals surface area contributed by atoms with Crippen LogP contribution in [0.25, 0.3) is 0 Å². The molecule has 0 unspecified atom stereocenters. The van der Waals surface area contributed by atoms with Crippen molar-refractivity contribution in [1.29, 1.82) is 0 Å². The Kier molecular flexibility index (Phi) is 6.08. The van der Waals surface area contributed by atoms with Crippen LogP contribution in [0, 0.1) is 0 Å². The molecule has 0 aliphatic rings. The average molecular weight is 282 g/mol. The first kappa shape index (κ1) is 16.3. The molecular weight excluding hydrogens is 256 g/mol. The molecule has 0 aliphatic carbocycles. The number of hydrogen-bond donors (Lipinski definition) is 3. The molecule has 19 heavy (non-hydrogen) atoms. The van der Waals surface area contributed by atoms with Crippen molar-refractivity contribution in [1.82, 2.24) is 30.3 Å². The summed E-state index contributed by atoms with van der Waals surface area (Å²) in [6.45, 7) is 0. The fourth-order valence-corrected chi connectivity index (χ4v) is 5.21. The Morgan fingerprint density at radius 2 is 1.05 bits per heavy atom. The van der Waals surface area contributed by atoms with Gasteiger partial charge in [-0.05, 0) is 5.19 Å². The molecule has 0 aromatic heterocycles. The molecule has 6 nitrogen and oxygen atoms in total. The van der Waals surface area contributed by atoms with Crippen LogP contribution in [0.15, 0.2) is 30.3 Å². The van der Waals surface area contributed by atoms with Crippen LogP contribution in [0.3, 0.4) is 0 Å². The normalized spacial score (nSPS) is 12.7. The number of benzene rings is 1. The van der Waals surface area contributed by atoms with E-state index in [4.69, 9.17) is 0 Å². The minimum absolute atomic E-state index is 1.23. The summed E-state index contributed by atoms with van der Waals surface area (Å²) in [7, 11) is 9.66. The lowest BCUT2D eigenvalue weighted by Crippen LogP contribution is -2.84. The lowest BCUT2D eigenvalue weighted by Gasteiger charge is -2.39. The Labute approximate surface area is 117 Å². The number of hydrogen-bond acceptors (Lipinski definition) is 6. The first-order chi connectivity index (χ1) is 8.85. The van der Waals surface area contributed by atoms with E-state index in [1.807, 2.05) is 63.4 Å². The molecule has 1 aromatic carbocycles. The first-order valence-electron chi connectivity index (χ1n) is 6.26. The van der Waals surface area contributed by atoms with E-state index in [0.717, 1.165) is 0 Å². The minimum atomic E-state index is -2.33. The van der Waals surface area contributed by atoms with E-state index in [1.165, 1.54) is 5.19 Å². The van der Waals surface area contributed by atoms with Crippen molar-refractivity contribution in [2.24, 2.45) is 0 Å². The average Bonchev–Trinajstić information content (AvgIpc) is 2.27. The Bertz CT molecular complexity index is 341. The maximum Gasteiger partial charge on any atom is 0.356 e. The molecule has 0 heterocycles. The third-order valence-electron chi connectivity index (χ3n) is 2.38. The largest absolute Gasteiger partial charge is 0.356 e. The molecule has 0 aliphatic heterocycles. The van der Waals surface area contributed by atoms with Gasteiger partial charge in [-0.15, -0.1) is 0 Å². The number of nitrogens with zero attached hydrogens (tertiary/aromatic N) is 3.